The van der Waals surface area contributed by atoms with Gasteiger partial charge in [-0.1, -0.05) is 12.7 Å². The minimum Gasteiger partial charge on any atom is -0.370 e. The maximum atomic E-state index is 9.23. The molecule has 2 aromatic rings. The van der Waals surface area contributed by atoms with Crippen LogP contribution in [0.15, 0.2) is 31.2 Å². The highest BCUT2D eigenvalue weighted by molar-refractivity contribution is 5.61. The van der Waals surface area contributed by atoms with E-state index in [-0.39, 0.29) is 0 Å². The lowest BCUT2D eigenvalue weighted by atomic mass is 10.2. The zero-order valence-corrected chi connectivity index (χ0v) is 11.2. The van der Waals surface area contributed by atoms with E-state index in [1.165, 1.54) is 12.8 Å². The van der Waals surface area contributed by atoms with E-state index < -0.39 is 0 Å². The van der Waals surface area contributed by atoms with Crippen molar-refractivity contribution < 1.29 is 0 Å². The molecule has 0 N–H and O–H groups in total. The molecular formula is C15H15N5. The Labute approximate surface area is 117 Å². The first-order valence-electron chi connectivity index (χ1n) is 6.64. The van der Waals surface area contributed by atoms with Crippen LogP contribution in [0.5, 0.6) is 0 Å². The number of aromatic nitrogens is 3. The number of hydrogen-bond donors (Lipinski definition) is 0. The van der Waals surface area contributed by atoms with Gasteiger partial charge in [-0.05, 0) is 12.8 Å². The Balaban J connectivity index is 2.02. The lowest BCUT2D eigenvalue weighted by Gasteiger charge is -2.19. The van der Waals surface area contributed by atoms with Gasteiger partial charge in [0.15, 0.2) is 5.82 Å². The average molecular weight is 265 g/mol. The quantitative estimate of drug-likeness (QED) is 0.855. The number of nitrogens with zero attached hydrogens (tertiary/aromatic N) is 5. The van der Waals surface area contributed by atoms with Crippen molar-refractivity contribution in [1.29, 1.82) is 5.26 Å². The summed E-state index contributed by atoms with van der Waals surface area (Å²) in [5, 5.41) is 13.5. The van der Waals surface area contributed by atoms with E-state index in [4.69, 9.17) is 0 Å². The summed E-state index contributed by atoms with van der Waals surface area (Å²) in [5.74, 6) is 0.721. The lowest BCUT2D eigenvalue weighted by molar-refractivity contribution is 0.842. The van der Waals surface area contributed by atoms with E-state index >= 15 is 0 Å². The van der Waals surface area contributed by atoms with Gasteiger partial charge in [0.1, 0.15) is 6.07 Å². The largest absolute Gasteiger partial charge is 0.370 e. The molecule has 0 spiro atoms. The van der Waals surface area contributed by atoms with Crippen LogP contribution in [0.4, 0.5) is 5.69 Å². The molecule has 20 heavy (non-hydrogen) atoms. The molecule has 1 fully saturated rings. The van der Waals surface area contributed by atoms with Crippen molar-refractivity contribution in [2.75, 3.05) is 18.0 Å². The minimum atomic E-state index is 0.617. The van der Waals surface area contributed by atoms with Crippen LogP contribution in [0.1, 0.15) is 24.0 Å². The van der Waals surface area contributed by atoms with Crippen LogP contribution in [0.3, 0.4) is 0 Å². The molecule has 3 heterocycles. The van der Waals surface area contributed by atoms with Crippen molar-refractivity contribution in [3.05, 3.63) is 42.4 Å². The summed E-state index contributed by atoms with van der Waals surface area (Å²) in [5.41, 5.74) is 2.51. The Bertz CT molecular complexity index is 674. The molecule has 2 aromatic heterocycles. The second-order valence-electron chi connectivity index (χ2n) is 4.79. The van der Waals surface area contributed by atoms with E-state index in [0.29, 0.717) is 5.56 Å². The smallest absolute Gasteiger partial charge is 0.155 e. The molecule has 5 nitrogen and oxygen atoms in total. The predicted octanol–water partition coefficient (Wildman–Crippen LogP) is 2.38. The number of pyridine rings is 1. The maximum absolute atomic E-state index is 9.23. The van der Waals surface area contributed by atoms with Gasteiger partial charge in [-0.15, -0.1) is 0 Å². The average Bonchev–Trinajstić information content (AvgIpc) is 3.17. The van der Waals surface area contributed by atoms with E-state index in [1.54, 1.807) is 23.2 Å². The Hall–Kier alpha value is -2.61. The van der Waals surface area contributed by atoms with E-state index in [0.717, 1.165) is 30.2 Å². The molecule has 0 bridgehead atoms. The number of rotatable bonds is 3. The molecule has 1 aliphatic heterocycles. The summed E-state index contributed by atoms with van der Waals surface area (Å²) in [6, 6.07) is 4.15. The summed E-state index contributed by atoms with van der Waals surface area (Å²) in [6.45, 7) is 5.71. The van der Waals surface area contributed by atoms with Crippen LogP contribution in [-0.4, -0.2) is 27.9 Å². The molecule has 1 saturated heterocycles. The Kier molecular flexibility index (Phi) is 3.21. The van der Waals surface area contributed by atoms with Crippen LogP contribution < -0.4 is 4.90 Å². The van der Waals surface area contributed by atoms with E-state index in [9.17, 15) is 5.26 Å². The van der Waals surface area contributed by atoms with Crippen molar-refractivity contribution in [1.82, 2.24) is 14.8 Å². The van der Waals surface area contributed by atoms with Gasteiger partial charge in [-0.3, -0.25) is 0 Å². The zero-order valence-electron chi connectivity index (χ0n) is 11.2. The summed E-state index contributed by atoms with van der Waals surface area (Å²) < 4.78 is 1.71. The fourth-order valence-corrected chi connectivity index (χ4v) is 2.43. The molecular weight excluding hydrogens is 250 g/mol. The highest BCUT2D eigenvalue weighted by Crippen LogP contribution is 2.25. The second-order valence-corrected chi connectivity index (χ2v) is 4.79. The Morgan fingerprint density at radius 1 is 1.30 bits per heavy atom. The first kappa shape index (κ1) is 12.4. The molecule has 100 valence electrons. The molecule has 0 atom stereocenters. The molecule has 0 radical (unpaired) electrons. The predicted molar refractivity (Wildman–Crippen MR) is 77.6 cm³/mol. The van der Waals surface area contributed by atoms with Crippen LogP contribution in [-0.2, 0) is 0 Å². The zero-order chi connectivity index (χ0) is 13.9. The van der Waals surface area contributed by atoms with E-state index in [2.05, 4.69) is 27.6 Å². The molecule has 0 aromatic carbocycles. The van der Waals surface area contributed by atoms with Gasteiger partial charge in [0.25, 0.3) is 0 Å². The van der Waals surface area contributed by atoms with E-state index in [1.807, 2.05) is 12.3 Å². The van der Waals surface area contributed by atoms with Gasteiger partial charge < -0.3 is 4.90 Å². The third-order valence-corrected chi connectivity index (χ3v) is 3.51. The molecule has 0 aliphatic carbocycles. The van der Waals surface area contributed by atoms with Crippen LogP contribution in [0, 0.1) is 11.3 Å². The highest BCUT2D eigenvalue weighted by atomic mass is 15.3. The van der Waals surface area contributed by atoms with Gasteiger partial charge in [0, 0.05) is 37.1 Å². The molecule has 0 saturated carbocycles. The van der Waals surface area contributed by atoms with Gasteiger partial charge in [-0.25, -0.2) is 9.67 Å². The minimum absolute atomic E-state index is 0.617. The van der Waals surface area contributed by atoms with Gasteiger partial charge in [-0.2, -0.15) is 10.4 Å². The molecule has 1 aliphatic rings. The van der Waals surface area contributed by atoms with Crippen molar-refractivity contribution in [3.63, 3.8) is 0 Å². The summed E-state index contributed by atoms with van der Waals surface area (Å²) in [7, 11) is 0. The van der Waals surface area contributed by atoms with Crippen LogP contribution in [0.2, 0.25) is 0 Å². The van der Waals surface area contributed by atoms with Crippen molar-refractivity contribution in [2.24, 2.45) is 0 Å². The van der Waals surface area contributed by atoms with Crippen molar-refractivity contribution in [3.8, 4) is 11.9 Å². The standard InChI is InChI=1S/C15H15N5/c1-2-12-9-18-20(11-12)15-7-14(13(8-16)10-17-15)19-5-3-4-6-19/h2,7,9-11H,1,3-6H2. The Morgan fingerprint density at radius 3 is 2.75 bits per heavy atom. The van der Waals surface area contributed by atoms with Gasteiger partial charge in [0.2, 0.25) is 0 Å². The number of hydrogen-bond acceptors (Lipinski definition) is 4. The van der Waals surface area contributed by atoms with Crippen molar-refractivity contribution >= 4 is 11.8 Å². The third kappa shape index (κ3) is 2.16. The fraction of sp³-hybridized carbons (Fsp3) is 0.267. The summed E-state index contributed by atoms with van der Waals surface area (Å²) in [4.78, 5) is 6.55. The van der Waals surface area contributed by atoms with Gasteiger partial charge >= 0.3 is 0 Å². The fourth-order valence-electron chi connectivity index (χ4n) is 2.43. The normalized spacial score (nSPS) is 14.2. The highest BCUT2D eigenvalue weighted by Gasteiger charge is 2.17. The molecule has 0 unspecified atom stereocenters. The van der Waals surface area contributed by atoms with Crippen LogP contribution >= 0.6 is 0 Å². The van der Waals surface area contributed by atoms with Crippen LogP contribution in [0.25, 0.3) is 11.9 Å². The maximum Gasteiger partial charge on any atom is 0.155 e. The molecule has 5 heteroatoms. The summed E-state index contributed by atoms with van der Waals surface area (Å²) >= 11 is 0. The summed E-state index contributed by atoms with van der Waals surface area (Å²) in [6.07, 6.45) is 9.32. The number of nitriles is 1. The van der Waals surface area contributed by atoms with Gasteiger partial charge in [0.05, 0.1) is 17.4 Å². The monoisotopic (exact) mass is 265 g/mol. The van der Waals surface area contributed by atoms with Crippen molar-refractivity contribution in [2.45, 2.75) is 12.8 Å². The lowest BCUT2D eigenvalue weighted by Crippen LogP contribution is -2.19. The third-order valence-electron chi connectivity index (χ3n) is 3.51. The first-order valence-corrected chi connectivity index (χ1v) is 6.64. The first-order chi connectivity index (χ1) is 9.81. The SMILES string of the molecule is C=Cc1cnn(-c2cc(N3CCCC3)c(C#N)cn2)c1. The second kappa shape index (κ2) is 5.17. The molecule has 3 rings (SSSR count). The Morgan fingerprint density at radius 2 is 2.10 bits per heavy atom. The molecule has 0 amide bonds. The topological polar surface area (TPSA) is 57.7 Å². The number of anilines is 1.